The van der Waals surface area contributed by atoms with Crippen molar-refractivity contribution in [2.24, 2.45) is 0 Å². The molecular weight excluding hydrogens is 290 g/mol. The second-order valence-electron chi connectivity index (χ2n) is 5.88. The van der Waals surface area contributed by atoms with Crippen molar-refractivity contribution < 1.29 is 4.52 Å². The summed E-state index contributed by atoms with van der Waals surface area (Å²) in [4.78, 5) is 11.7. The number of aryl methyl sites for hydroxylation is 2. The predicted molar refractivity (Wildman–Crippen MR) is 89.6 cm³/mol. The summed E-state index contributed by atoms with van der Waals surface area (Å²) < 4.78 is 5.18. The van der Waals surface area contributed by atoms with Crippen LogP contribution in [-0.2, 0) is 0 Å². The number of hydrogen-bond donors (Lipinski definition) is 1. The van der Waals surface area contributed by atoms with Gasteiger partial charge in [0.1, 0.15) is 5.82 Å². The quantitative estimate of drug-likeness (QED) is 0.783. The largest absolute Gasteiger partial charge is 0.353 e. The molecule has 1 aliphatic heterocycles. The number of rotatable bonds is 2. The maximum absolute atomic E-state index is 5.18. The Morgan fingerprint density at radius 2 is 1.96 bits per heavy atom. The number of para-hydroxylation sites is 1. The zero-order valence-electron chi connectivity index (χ0n) is 13.3. The molecule has 6 heteroatoms. The molecule has 0 amide bonds. The molecule has 3 aromatic rings. The van der Waals surface area contributed by atoms with E-state index in [1.54, 1.807) is 6.92 Å². The average Bonchev–Trinajstić information content (AvgIpc) is 3.01. The maximum Gasteiger partial charge on any atom is 0.223 e. The fraction of sp³-hybridized carbons (Fsp3) is 0.353. The predicted octanol–water partition coefficient (Wildman–Crippen LogP) is 2.31. The number of aromatic nitrogens is 3. The summed E-state index contributed by atoms with van der Waals surface area (Å²) in [6, 6.07) is 8.34. The molecule has 0 radical (unpaired) electrons. The van der Waals surface area contributed by atoms with Gasteiger partial charge in [-0.2, -0.15) is 4.98 Å². The molecule has 0 saturated carbocycles. The van der Waals surface area contributed by atoms with Gasteiger partial charge in [0.05, 0.1) is 11.1 Å². The first-order chi connectivity index (χ1) is 11.2. The van der Waals surface area contributed by atoms with Crippen LogP contribution in [0.3, 0.4) is 0 Å². The molecule has 1 aromatic carbocycles. The number of pyridine rings is 1. The van der Waals surface area contributed by atoms with Crippen molar-refractivity contribution in [1.29, 1.82) is 0 Å². The molecule has 6 nitrogen and oxygen atoms in total. The highest BCUT2D eigenvalue weighted by Crippen LogP contribution is 2.32. The number of fused-ring (bicyclic) bond motifs is 1. The Morgan fingerprint density at radius 1 is 1.13 bits per heavy atom. The molecule has 1 N–H and O–H groups in total. The van der Waals surface area contributed by atoms with Gasteiger partial charge >= 0.3 is 0 Å². The Kier molecular flexibility index (Phi) is 3.46. The van der Waals surface area contributed by atoms with Gasteiger partial charge in [-0.05, 0) is 18.6 Å². The topological polar surface area (TPSA) is 67.1 Å². The fourth-order valence-corrected chi connectivity index (χ4v) is 3.03. The van der Waals surface area contributed by atoms with Crippen LogP contribution in [0, 0.1) is 13.8 Å². The number of nitrogens with one attached hydrogen (secondary N) is 1. The third-order valence-corrected chi connectivity index (χ3v) is 4.21. The molecule has 118 valence electrons. The molecule has 0 atom stereocenters. The minimum absolute atomic E-state index is 0.565. The van der Waals surface area contributed by atoms with E-state index < -0.39 is 0 Å². The summed E-state index contributed by atoms with van der Waals surface area (Å²) in [5.74, 6) is 2.11. The average molecular weight is 309 g/mol. The van der Waals surface area contributed by atoms with Crippen LogP contribution in [0.15, 0.2) is 28.8 Å². The number of anilines is 1. The van der Waals surface area contributed by atoms with Gasteiger partial charge in [0.2, 0.25) is 11.7 Å². The van der Waals surface area contributed by atoms with Gasteiger partial charge in [0.15, 0.2) is 0 Å². The monoisotopic (exact) mass is 309 g/mol. The third kappa shape index (κ3) is 2.55. The summed E-state index contributed by atoms with van der Waals surface area (Å²) in [6.07, 6.45) is 0. The zero-order valence-corrected chi connectivity index (χ0v) is 13.3. The van der Waals surface area contributed by atoms with Crippen LogP contribution in [0.1, 0.15) is 11.5 Å². The second-order valence-corrected chi connectivity index (χ2v) is 5.88. The fourth-order valence-electron chi connectivity index (χ4n) is 3.03. The molecule has 2 aromatic heterocycles. The molecule has 1 aliphatic rings. The van der Waals surface area contributed by atoms with E-state index in [4.69, 9.17) is 9.51 Å². The van der Waals surface area contributed by atoms with Gasteiger partial charge in [-0.1, -0.05) is 23.4 Å². The summed E-state index contributed by atoms with van der Waals surface area (Å²) in [7, 11) is 0. The molecule has 0 aliphatic carbocycles. The summed E-state index contributed by atoms with van der Waals surface area (Å²) in [5, 5.41) is 8.58. The van der Waals surface area contributed by atoms with E-state index in [0.717, 1.165) is 48.5 Å². The second kappa shape index (κ2) is 5.62. The first-order valence-corrected chi connectivity index (χ1v) is 7.89. The van der Waals surface area contributed by atoms with Crippen LogP contribution in [0.5, 0.6) is 0 Å². The lowest BCUT2D eigenvalue weighted by molar-refractivity contribution is 0.394. The van der Waals surface area contributed by atoms with Crippen LogP contribution in [0.4, 0.5) is 5.82 Å². The molecule has 0 bridgehead atoms. The first kappa shape index (κ1) is 14.1. The summed E-state index contributed by atoms with van der Waals surface area (Å²) in [6.45, 7) is 7.66. The van der Waals surface area contributed by atoms with E-state index in [0.29, 0.717) is 11.7 Å². The summed E-state index contributed by atoms with van der Waals surface area (Å²) >= 11 is 0. The molecule has 4 rings (SSSR count). The minimum atomic E-state index is 0.565. The Labute approximate surface area is 134 Å². The van der Waals surface area contributed by atoms with Gasteiger partial charge in [0.25, 0.3) is 0 Å². The van der Waals surface area contributed by atoms with Gasteiger partial charge in [-0.15, -0.1) is 0 Å². The standard InChI is InChI=1S/C17H19N5O/c1-11-4-3-5-13-10-14(16-19-12(2)23-21-16)17(20-15(11)13)22-8-6-18-7-9-22/h3-5,10,18H,6-9H2,1-2H3. The van der Waals surface area contributed by atoms with Crippen molar-refractivity contribution in [2.75, 3.05) is 31.1 Å². The molecule has 1 fully saturated rings. The van der Waals surface area contributed by atoms with Crippen LogP contribution in [0.2, 0.25) is 0 Å². The van der Waals surface area contributed by atoms with Gasteiger partial charge in [0, 0.05) is 38.5 Å². The molecule has 1 saturated heterocycles. The lowest BCUT2D eigenvalue weighted by Gasteiger charge is -2.30. The van der Waals surface area contributed by atoms with Crippen molar-refractivity contribution in [3.05, 3.63) is 35.7 Å². The Hall–Kier alpha value is -2.47. The zero-order chi connectivity index (χ0) is 15.8. The molecular formula is C17H19N5O. The number of nitrogens with zero attached hydrogens (tertiary/aromatic N) is 4. The lowest BCUT2D eigenvalue weighted by Crippen LogP contribution is -2.44. The summed E-state index contributed by atoms with van der Waals surface area (Å²) in [5.41, 5.74) is 3.14. The highest BCUT2D eigenvalue weighted by atomic mass is 16.5. The normalized spacial score (nSPS) is 15.3. The highest BCUT2D eigenvalue weighted by Gasteiger charge is 2.21. The van der Waals surface area contributed by atoms with Crippen molar-refractivity contribution in [3.63, 3.8) is 0 Å². The Morgan fingerprint density at radius 3 is 2.70 bits per heavy atom. The number of piperazine rings is 1. The molecule has 0 unspecified atom stereocenters. The van der Waals surface area contributed by atoms with Gasteiger partial charge in [-0.3, -0.25) is 0 Å². The molecule has 23 heavy (non-hydrogen) atoms. The number of hydrogen-bond acceptors (Lipinski definition) is 6. The van der Waals surface area contributed by atoms with Crippen LogP contribution in [-0.4, -0.2) is 41.3 Å². The van der Waals surface area contributed by atoms with Gasteiger partial charge in [-0.25, -0.2) is 4.98 Å². The van der Waals surface area contributed by atoms with Crippen molar-refractivity contribution in [2.45, 2.75) is 13.8 Å². The van der Waals surface area contributed by atoms with E-state index in [1.807, 2.05) is 0 Å². The smallest absolute Gasteiger partial charge is 0.223 e. The van der Waals surface area contributed by atoms with Crippen molar-refractivity contribution >= 4 is 16.7 Å². The van der Waals surface area contributed by atoms with E-state index in [2.05, 4.69) is 51.5 Å². The molecule has 3 heterocycles. The van der Waals surface area contributed by atoms with E-state index in [-0.39, 0.29) is 0 Å². The maximum atomic E-state index is 5.18. The van der Waals surface area contributed by atoms with Crippen molar-refractivity contribution in [3.8, 4) is 11.4 Å². The Balaban J connectivity index is 1.94. The van der Waals surface area contributed by atoms with Crippen LogP contribution in [0.25, 0.3) is 22.3 Å². The van der Waals surface area contributed by atoms with Gasteiger partial charge < -0.3 is 14.7 Å². The lowest BCUT2D eigenvalue weighted by atomic mass is 10.1. The Bertz CT molecular complexity index is 851. The SMILES string of the molecule is Cc1nc(-c2cc3cccc(C)c3nc2N2CCNCC2)no1. The van der Waals surface area contributed by atoms with E-state index >= 15 is 0 Å². The van der Waals surface area contributed by atoms with E-state index in [1.165, 1.54) is 5.56 Å². The van der Waals surface area contributed by atoms with Crippen LogP contribution < -0.4 is 10.2 Å². The first-order valence-electron chi connectivity index (χ1n) is 7.89. The third-order valence-electron chi connectivity index (χ3n) is 4.21. The van der Waals surface area contributed by atoms with E-state index in [9.17, 15) is 0 Å². The minimum Gasteiger partial charge on any atom is -0.353 e. The highest BCUT2D eigenvalue weighted by molar-refractivity contribution is 5.90. The number of benzene rings is 1. The van der Waals surface area contributed by atoms with Crippen LogP contribution >= 0.6 is 0 Å². The molecule has 0 spiro atoms. The van der Waals surface area contributed by atoms with Crippen molar-refractivity contribution in [1.82, 2.24) is 20.4 Å².